The molecule has 8 heteroatoms. The van der Waals surface area contributed by atoms with Crippen LogP contribution < -0.4 is 10.8 Å². The van der Waals surface area contributed by atoms with Gasteiger partial charge in [0.05, 0.1) is 17.6 Å². The standard InChI is InChI=1S/C30H40N4O4/c1-30(2,3)38-29(36)32-25(28(35)33-37-21-23-14-8-5-9-15-23)18-19-27-31-24-16-10-11-17-26(24)34(27)20-22-12-6-4-7-13-22/h5,8-11,14-17,22,25H,4,6-7,12-13,18-21H2,1-3H3,(H,32,36)(H,33,35)/t25-/m0/s1. The molecule has 1 fully saturated rings. The Morgan fingerprint density at radius 3 is 2.47 bits per heavy atom. The maximum absolute atomic E-state index is 13.1. The van der Waals surface area contributed by atoms with Crippen molar-refractivity contribution >= 4 is 23.0 Å². The lowest BCUT2D eigenvalue weighted by Gasteiger charge is -2.24. The van der Waals surface area contributed by atoms with Gasteiger partial charge in [0.1, 0.15) is 17.5 Å². The Bertz CT molecular complexity index is 1200. The van der Waals surface area contributed by atoms with E-state index in [1.807, 2.05) is 48.5 Å². The number of imidazole rings is 1. The SMILES string of the molecule is CC(C)(C)OC(=O)N[C@@H](CCc1nc2ccccc2n1CC1CCCCC1)C(=O)NOCc1ccccc1. The smallest absolute Gasteiger partial charge is 0.408 e. The Balaban J connectivity index is 1.46. The molecule has 2 amide bonds. The highest BCUT2D eigenvalue weighted by atomic mass is 16.7. The second-order valence-electron chi connectivity index (χ2n) is 11.1. The Morgan fingerprint density at radius 1 is 1.03 bits per heavy atom. The van der Waals surface area contributed by atoms with Crippen LogP contribution >= 0.6 is 0 Å². The first-order valence-electron chi connectivity index (χ1n) is 13.7. The minimum absolute atomic E-state index is 0.225. The summed E-state index contributed by atoms with van der Waals surface area (Å²) in [5.41, 5.74) is 4.82. The van der Waals surface area contributed by atoms with Gasteiger partial charge in [-0.2, -0.15) is 0 Å². The number of nitrogens with zero attached hydrogens (tertiary/aromatic N) is 2. The summed E-state index contributed by atoms with van der Waals surface area (Å²) in [6.45, 7) is 6.52. The first-order valence-corrected chi connectivity index (χ1v) is 13.7. The van der Waals surface area contributed by atoms with Crippen molar-refractivity contribution in [1.82, 2.24) is 20.3 Å². The second kappa shape index (κ2) is 12.9. The van der Waals surface area contributed by atoms with Gasteiger partial charge in [0, 0.05) is 13.0 Å². The van der Waals surface area contributed by atoms with Crippen molar-refractivity contribution in [3.63, 3.8) is 0 Å². The zero-order valence-electron chi connectivity index (χ0n) is 22.7. The number of benzene rings is 2. The van der Waals surface area contributed by atoms with Gasteiger partial charge in [0.15, 0.2) is 0 Å². The van der Waals surface area contributed by atoms with Crippen LogP contribution in [0.5, 0.6) is 0 Å². The van der Waals surface area contributed by atoms with Crippen LogP contribution in [-0.4, -0.2) is 33.2 Å². The molecule has 1 saturated carbocycles. The zero-order valence-corrected chi connectivity index (χ0v) is 22.7. The largest absolute Gasteiger partial charge is 0.444 e. The van der Waals surface area contributed by atoms with E-state index >= 15 is 0 Å². The second-order valence-corrected chi connectivity index (χ2v) is 11.1. The number of ether oxygens (including phenoxy) is 1. The summed E-state index contributed by atoms with van der Waals surface area (Å²) < 4.78 is 7.73. The summed E-state index contributed by atoms with van der Waals surface area (Å²) in [6.07, 6.45) is 6.56. The number of rotatable bonds is 10. The number of aryl methyl sites for hydroxylation is 1. The molecule has 2 N–H and O–H groups in total. The molecule has 1 aromatic heterocycles. The van der Waals surface area contributed by atoms with Gasteiger partial charge < -0.3 is 14.6 Å². The lowest BCUT2D eigenvalue weighted by atomic mass is 9.89. The lowest BCUT2D eigenvalue weighted by Crippen LogP contribution is -2.48. The van der Waals surface area contributed by atoms with Gasteiger partial charge in [0.2, 0.25) is 0 Å². The maximum Gasteiger partial charge on any atom is 0.408 e. The highest BCUT2D eigenvalue weighted by Gasteiger charge is 2.26. The van der Waals surface area contributed by atoms with E-state index < -0.39 is 23.6 Å². The average Bonchev–Trinajstić information content (AvgIpc) is 3.23. The monoisotopic (exact) mass is 520 g/mol. The van der Waals surface area contributed by atoms with Gasteiger partial charge in [-0.05, 0) is 63.6 Å². The van der Waals surface area contributed by atoms with Crippen molar-refractivity contribution in [2.75, 3.05) is 0 Å². The molecule has 1 aliphatic rings. The molecule has 8 nitrogen and oxygen atoms in total. The summed E-state index contributed by atoms with van der Waals surface area (Å²) >= 11 is 0. The molecular weight excluding hydrogens is 480 g/mol. The van der Waals surface area contributed by atoms with Crippen molar-refractivity contribution in [1.29, 1.82) is 0 Å². The number of amides is 2. The van der Waals surface area contributed by atoms with Gasteiger partial charge in [-0.25, -0.2) is 15.3 Å². The van der Waals surface area contributed by atoms with Crippen LogP contribution in [0, 0.1) is 5.92 Å². The molecule has 38 heavy (non-hydrogen) atoms. The third-order valence-corrected chi connectivity index (χ3v) is 6.82. The molecule has 1 heterocycles. The number of carbonyl (C=O) groups excluding carboxylic acids is 2. The molecule has 0 saturated heterocycles. The Morgan fingerprint density at radius 2 is 1.74 bits per heavy atom. The number of hydrogen-bond donors (Lipinski definition) is 2. The van der Waals surface area contributed by atoms with Crippen LogP contribution in [0.1, 0.15) is 70.7 Å². The van der Waals surface area contributed by atoms with E-state index in [4.69, 9.17) is 14.6 Å². The number of hydrogen-bond acceptors (Lipinski definition) is 5. The molecule has 0 aliphatic heterocycles. The summed E-state index contributed by atoms with van der Waals surface area (Å²) in [5, 5.41) is 2.74. The van der Waals surface area contributed by atoms with Crippen LogP contribution in [0.2, 0.25) is 0 Å². The molecule has 3 aromatic rings. The molecule has 0 radical (unpaired) electrons. The molecule has 0 spiro atoms. The molecule has 1 atom stereocenters. The van der Waals surface area contributed by atoms with Crippen molar-refractivity contribution in [2.45, 2.75) is 90.5 Å². The van der Waals surface area contributed by atoms with E-state index in [0.29, 0.717) is 18.8 Å². The van der Waals surface area contributed by atoms with Gasteiger partial charge in [-0.3, -0.25) is 9.63 Å². The highest BCUT2D eigenvalue weighted by molar-refractivity contribution is 5.85. The lowest BCUT2D eigenvalue weighted by molar-refractivity contribution is -0.137. The molecule has 204 valence electrons. The fourth-order valence-corrected chi connectivity index (χ4v) is 4.98. The van der Waals surface area contributed by atoms with Gasteiger partial charge in [-0.1, -0.05) is 61.7 Å². The minimum Gasteiger partial charge on any atom is -0.444 e. The van der Waals surface area contributed by atoms with E-state index in [-0.39, 0.29) is 6.61 Å². The Labute approximate surface area is 225 Å². The fraction of sp³-hybridized carbons (Fsp3) is 0.500. The molecule has 2 aromatic carbocycles. The Hall–Kier alpha value is -3.39. The van der Waals surface area contributed by atoms with E-state index in [0.717, 1.165) is 29.0 Å². The summed E-state index contributed by atoms with van der Waals surface area (Å²) in [5.74, 6) is 1.12. The third-order valence-electron chi connectivity index (χ3n) is 6.82. The van der Waals surface area contributed by atoms with Crippen molar-refractivity contribution in [3.05, 3.63) is 66.0 Å². The minimum atomic E-state index is -0.844. The van der Waals surface area contributed by atoms with Crippen molar-refractivity contribution in [3.8, 4) is 0 Å². The highest BCUT2D eigenvalue weighted by Crippen LogP contribution is 2.28. The normalized spacial score (nSPS) is 15.2. The number of nitrogens with one attached hydrogen (secondary N) is 2. The predicted molar refractivity (Wildman–Crippen MR) is 147 cm³/mol. The van der Waals surface area contributed by atoms with E-state index in [9.17, 15) is 9.59 Å². The summed E-state index contributed by atoms with van der Waals surface area (Å²) in [4.78, 5) is 36.0. The van der Waals surface area contributed by atoms with Crippen LogP contribution in [0.25, 0.3) is 11.0 Å². The van der Waals surface area contributed by atoms with Crippen molar-refractivity contribution < 1.29 is 19.2 Å². The Kier molecular flexibility index (Phi) is 9.39. The number of aromatic nitrogens is 2. The number of hydroxylamine groups is 1. The molecule has 0 unspecified atom stereocenters. The van der Waals surface area contributed by atoms with E-state index in [1.54, 1.807) is 20.8 Å². The zero-order chi connectivity index (χ0) is 27.0. The quantitative estimate of drug-likeness (QED) is 0.335. The third kappa shape index (κ3) is 8.05. The van der Waals surface area contributed by atoms with Gasteiger partial charge in [-0.15, -0.1) is 0 Å². The van der Waals surface area contributed by atoms with Crippen molar-refractivity contribution in [2.24, 2.45) is 5.92 Å². The fourth-order valence-electron chi connectivity index (χ4n) is 4.98. The molecule has 1 aliphatic carbocycles. The van der Waals surface area contributed by atoms with E-state index in [1.165, 1.54) is 32.1 Å². The molecule has 0 bridgehead atoms. The number of para-hydroxylation sites is 2. The first kappa shape index (κ1) is 27.6. The van der Waals surface area contributed by atoms with Crippen LogP contribution in [0.3, 0.4) is 0 Å². The van der Waals surface area contributed by atoms with Crippen LogP contribution in [0.15, 0.2) is 54.6 Å². The summed E-state index contributed by atoms with van der Waals surface area (Å²) in [6, 6.07) is 16.9. The van der Waals surface area contributed by atoms with E-state index in [2.05, 4.69) is 21.4 Å². The predicted octanol–water partition coefficient (Wildman–Crippen LogP) is 5.69. The van der Waals surface area contributed by atoms with Gasteiger partial charge in [0.25, 0.3) is 5.91 Å². The van der Waals surface area contributed by atoms with Crippen LogP contribution in [0.4, 0.5) is 4.79 Å². The van der Waals surface area contributed by atoms with Crippen LogP contribution in [-0.2, 0) is 33.9 Å². The number of fused-ring (bicyclic) bond motifs is 1. The number of alkyl carbamates (subject to hydrolysis) is 1. The average molecular weight is 521 g/mol. The topological polar surface area (TPSA) is 94.5 Å². The number of carbonyl (C=O) groups is 2. The maximum atomic E-state index is 13.1. The summed E-state index contributed by atoms with van der Waals surface area (Å²) in [7, 11) is 0. The molecule has 4 rings (SSSR count). The van der Waals surface area contributed by atoms with Gasteiger partial charge >= 0.3 is 6.09 Å². The first-order chi connectivity index (χ1) is 18.3. The molecular formula is C30H40N4O4.